The van der Waals surface area contributed by atoms with Crippen molar-refractivity contribution < 1.29 is 19.1 Å². The molecule has 1 heterocycles. The zero-order chi connectivity index (χ0) is 18.4. The molecule has 0 aliphatic carbocycles. The molecule has 138 valence electrons. The van der Waals surface area contributed by atoms with E-state index >= 15 is 0 Å². The summed E-state index contributed by atoms with van der Waals surface area (Å²) in [6, 6.07) is 5.14. The van der Waals surface area contributed by atoms with Crippen LogP contribution in [0.2, 0.25) is 0 Å². The fraction of sp³-hybridized carbons (Fsp3) is 0.556. The third kappa shape index (κ3) is 4.63. The molecule has 1 atom stereocenters. The lowest BCUT2D eigenvalue weighted by atomic mass is 10.1. The van der Waals surface area contributed by atoms with Gasteiger partial charge in [0.25, 0.3) is 5.91 Å². The van der Waals surface area contributed by atoms with Crippen LogP contribution >= 0.6 is 0 Å². The van der Waals surface area contributed by atoms with Crippen LogP contribution in [0.25, 0.3) is 0 Å². The van der Waals surface area contributed by atoms with Crippen molar-refractivity contribution in [3.05, 3.63) is 23.8 Å². The lowest BCUT2D eigenvalue weighted by Gasteiger charge is -2.36. The molecule has 1 unspecified atom stereocenters. The Hall–Kier alpha value is -2.28. The standard InChI is InChI=1S/C18H27N3O4/c1-13(12-19-2)17(22)20-5-7-21(8-6-20)18(23)14-9-15(24-3)11-16(10-14)25-4/h9-11,13,19H,5-8,12H2,1-4H3. The van der Waals surface area contributed by atoms with Gasteiger partial charge in [-0.15, -0.1) is 0 Å². The molecule has 0 saturated carbocycles. The highest BCUT2D eigenvalue weighted by atomic mass is 16.5. The summed E-state index contributed by atoms with van der Waals surface area (Å²) in [7, 11) is 4.95. The van der Waals surface area contributed by atoms with E-state index in [2.05, 4.69) is 5.32 Å². The highest BCUT2D eigenvalue weighted by Crippen LogP contribution is 2.24. The van der Waals surface area contributed by atoms with Gasteiger partial charge in [-0.05, 0) is 19.2 Å². The van der Waals surface area contributed by atoms with E-state index in [1.807, 2.05) is 18.9 Å². The summed E-state index contributed by atoms with van der Waals surface area (Å²) >= 11 is 0. The van der Waals surface area contributed by atoms with Crippen LogP contribution < -0.4 is 14.8 Å². The van der Waals surface area contributed by atoms with Crippen LogP contribution in [0.4, 0.5) is 0 Å². The molecule has 1 aliphatic heterocycles. The number of nitrogens with one attached hydrogen (secondary N) is 1. The number of benzene rings is 1. The molecule has 1 saturated heterocycles. The van der Waals surface area contributed by atoms with Crippen molar-refractivity contribution >= 4 is 11.8 Å². The molecule has 2 amide bonds. The number of methoxy groups -OCH3 is 2. The number of piperazine rings is 1. The average Bonchev–Trinajstić information content (AvgIpc) is 2.66. The molecule has 1 fully saturated rings. The number of hydrogen-bond acceptors (Lipinski definition) is 5. The zero-order valence-corrected chi connectivity index (χ0v) is 15.4. The molecule has 0 bridgehead atoms. The Balaban J connectivity index is 2.01. The van der Waals surface area contributed by atoms with E-state index in [9.17, 15) is 9.59 Å². The monoisotopic (exact) mass is 349 g/mol. The molecule has 1 N–H and O–H groups in total. The van der Waals surface area contributed by atoms with Crippen LogP contribution in [0.3, 0.4) is 0 Å². The Kier molecular flexibility index (Phi) is 6.64. The van der Waals surface area contributed by atoms with Gasteiger partial charge in [0.2, 0.25) is 5.91 Å². The minimum absolute atomic E-state index is 0.0603. The second-order valence-corrected chi connectivity index (χ2v) is 6.18. The summed E-state index contributed by atoms with van der Waals surface area (Å²) in [6.07, 6.45) is 0. The fourth-order valence-electron chi connectivity index (χ4n) is 2.95. The van der Waals surface area contributed by atoms with Gasteiger partial charge in [-0.2, -0.15) is 0 Å². The normalized spacial score (nSPS) is 15.7. The van der Waals surface area contributed by atoms with Crippen molar-refractivity contribution in [2.24, 2.45) is 5.92 Å². The van der Waals surface area contributed by atoms with E-state index in [-0.39, 0.29) is 17.7 Å². The highest BCUT2D eigenvalue weighted by molar-refractivity contribution is 5.95. The third-order valence-corrected chi connectivity index (χ3v) is 4.41. The maximum absolute atomic E-state index is 12.8. The molecule has 1 aromatic carbocycles. The van der Waals surface area contributed by atoms with Crippen molar-refractivity contribution in [1.29, 1.82) is 0 Å². The van der Waals surface area contributed by atoms with Gasteiger partial charge in [0.05, 0.1) is 14.2 Å². The highest BCUT2D eigenvalue weighted by Gasteiger charge is 2.27. The summed E-state index contributed by atoms with van der Waals surface area (Å²) < 4.78 is 10.4. The maximum Gasteiger partial charge on any atom is 0.254 e. The van der Waals surface area contributed by atoms with Gasteiger partial charge in [-0.3, -0.25) is 9.59 Å². The molecule has 7 nitrogen and oxygen atoms in total. The van der Waals surface area contributed by atoms with Crippen molar-refractivity contribution in [1.82, 2.24) is 15.1 Å². The predicted molar refractivity (Wildman–Crippen MR) is 95.1 cm³/mol. The van der Waals surface area contributed by atoms with Gasteiger partial charge < -0.3 is 24.6 Å². The minimum Gasteiger partial charge on any atom is -0.497 e. The summed E-state index contributed by atoms with van der Waals surface area (Å²) in [5.41, 5.74) is 0.527. The first kappa shape index (κ1) is 19.1. The molecule has 2 rings (SSSR count). The average molecular weight is 349 g/mol. The third-order valence-electron chi connectivity index (χ3n) is 4.41. The Morgan fingerprint density at radius 1 is 1.04 bits per heavy atom. The van der Waals surface area contributed by atoms with Crippen molar-refractivity contribution in [2.45, 2.75) is 6.92 Å². The van der Waals surface area contributed by atoms with Gasteiger partial charge in [-0.1, -0.05) is 6.92 Å². The number of rotatable bonds is 6. The topological polar surface area (TPSA) is 71.1 Å². The zero-order valence-electron chi connectivity index (χ0n) is 15.4. The van der Waals surface area contributed by atoms with E-state index in [0.29, 0.717) is 49.8 Å². The maximum atomic E-state index is 12.8. The summed E-state index contributed by atoms with van der Waals surface area (Å²) in [5.74, 6) is 1.15. The second kappa shape index (κ2) is 8.71. The van der Waals surface area contributed by atoms with Gasteiger partial charge in [-0.25, -0.2) is 0 Å². The first-order valence-corrected chi connectivity index (χ1v) is 8.45. The van der Waals surface area contributed by atoms with Gasteiger partial charge in [0.15, 0.2) is 0 Å². The summed E-state index contributed by atoms with van der Waals surface area (Å²) in [4.78, 5) is 28.7. The molecule has 0 radical (unpaired) electrons. The SMILES string of the molecule is CNCC(C)C(=O)N1CCN(C(=O)c2cc(OC)cc(OC)c2)CC1. The summed E-state index contributed by atoms with van der Waals surface area (Å²) in [5, 5.41) is 3.02. The molecular formula is C18H27N3O4. The van der Waals surface area contributed by atoms with Crippen LogP contribution in [-0.4, -0.2) is 75.6 Å². The summed E-state index contributed by atoms with van der Waals surface area (Å²) in [6.45, 7) is 4.73. The van der Waals surface area contributed by atoms with Crippen molar-refractivity contribution in [3.63, 3.8) is 0 Å². The largest absolute Gasteiger partial charge is 0.497 e. The van der Waals surface area contributed by atoms with E-state index in [1.54, 1.807) is 37.3 Å². The van der Waals surface area contributed by atoms with Gasteiger partial charge >= 0.3 is 0 Å². The number of nitrogens with zero attached hydrogens (tertiary/aromatic N) is 2. The smallest absolute Gasteiger partial charge is 0.254 e. The molecule has 7 heteroatoms. The van der Waals surface area contributed by atoms with E-state index in [1.165, 1.54) is 0 Å². The number of carbonyl (C=O) groups is 2. The Morgan fingerprint density at radius 2 is 1.56 bits per heavy atom. The molecule has 1 aliphatic rings. The van der Waals surface area contributed by atoms with Gasteiger partial charge in [0, 0.05) is 50.3 Å². The fourth-order valence-corrected chi connectivity index (χ4v) is 2.95. The number of amides is 2. The lowest BCUT2D eigenvalue weighted by Crippen LogP contribution is -2.52. The molecule has 0 aromatic heterocycles. The Bertz CT molecular complexity index is 590. The number of carbonyl (C=O) groups excluding carboxylic acids is 2. The molecule has 0 spiro atoms. The van der Waals surface area contributed by atoms with Gasteiger partial charge in [0.1, 0.15) is 11.5 Å². The first-order chi connectivity index (χ1) is 12.0. The van der Waals surface area contributed by atoms with Crippen LogP contribution in [0, 0.1) is 5.92 Å². The van der Waals surface area contributed by atoms with Crippen molar-refractivity contribution in [2.75, 3.05) is 54.0 Å². The van der Waals surface area contributed by atoms with E-state index in [0.717, 1.165) is 0 Å². The number of hydrogen-bond donors (Lipinski definition) is 1. The van der Waals surface area contributed by atoms with E-state index < -0.39 is 0 Å². The first-order valence-electron chi connectivity index (χ1n) is 8.45. The minimum atomic E-state index is -0.0763. The Labute approximate surface area is 148 Å². The lowest BCUT2D eigenvalue weighted by molar-refractivity contribution is -0.136. The van der Waals surface area contributed by atoms with Crippen LogP contribution in [0.1, 0.15) is 17.3 Å². The van der Waals surface area contributed by atoms with E-state index in [4.69, 9.17) is 9.47 Å². The van der Waals surface area contributed by atoms with Crippen molar-refractivity contribution in [3.8, 4) is 11.5 Å². The van der Waals surface area contributed by atoms with Crippen LogP contribution in [-0.2, 0) is 4.79 Å². The van der Waals surface area contributed by atoms with Crippen LogP contribution in [0.5, 0.6) is 11.5 Å². The Morgan fingerprint density at radius 3 is 2.04 bits per heavy atom. The second-order valence-electron chi connectivity index (χ2n) is 6.18. The molecular weight excluding hydrogens is 322 g/mol. The molecule has 25 heavy (non-hydrogen) atoms. The quantitative estimate of drug-likeness (QED) is 0.824. The number of ether oxygens (including phenoxy) is 2. The molecule has 1 aromatic rings. The van der Waals surface area contributed by atoms with Crippen LogP contribution in [0.15, 0.2) is 18.2 Å². The predicted octanol–water partition coefficient (Wildman–Crippen LogP) is 0.844.